The van der Waals surface area contributed by atoms with Crippen molar-refractivity contribution >= 4 is 62.6 Å². The summed E-state index contributed by atoms with van der Waals surface area (Å²) in [6, 6.07) is 16.5. The van der Waals surface area contributed by atoms with Crippen LogP contribution in [-0.4, -0.2) is 74.4 Å². The van der Waals surface area contributed by atoms with Crippen molar-refractivity contribution in [1.29, 1.82) is 0 Å². The van der Waals surface area contributed by atoms with Gasteiger partial charge in [-0.3, -0.25) is 4.90 Å². The number of esters is 2. The van der Waals surface area contributed by atoms with Crippen LogP contribution in [0.5, 0.6) is 5.75 Å². The van der Waals surface area contributed by atoms with Gasteiger partial charge in [-0.15, -0.1) is 11.3 Å². The van der Waals surface area contributed by atoms with Gasteiger partial charge in [-0.2, -0.15) is 0 Å². The molecule has 47 heavy (non-hydrogen) atoms. The lowest BCUT2D eigenvalue weighted by Crippen LogP contribution is -2.46. The first-order valence-electron chi connectivity index (χ1n) is 15.4. The van der Waals surface area contributed by atoms with Gasteiger partial charge in [0.15, 0.2) is 17.2 Å². The van der Waals surface area contributed by atoms with E-state index in [9.17, 15) is 19.2 Å². The van der Waals surface area contributed by atoms with Gasteiger partial charge in [0.25, 0.3) is 0 Å². The van der Waals surface area contributed by atoms with Crippen molar-refractivity contribution in [2.24, 2.45) is 5.92 Å². The fourth-order valence-corrected chi connectivity index (χ4v) is 7.08. The molecule has 0 atom stereocenters. The van der Waals surface area contributed by atoms with Gasteiger partial charge in [0, 0.05) is 37.6 Å². The van der Waals surface area contributed by atoms with E-state index in [4.69, 9.17) is 14.2 Å². The van der Waals surface area contributed by atoms with Crippen LogP contribution >= 0.6 is 27.3 Å². The van der Waals surface area contributed by atoms with Crippen LogP contribution in [0.3, 0.4) is 0 Å². The first-order valence-corrected chi connectivity index (χ1v) is 17.0. The lowest BCUT2D eigenvalue weighted by atomic mass is 9.96. The van der Waals surface area contributed by atoms with Gasteiger partial charge in [0.05, 0.1) is 16.5 Å². The third kappa shape index (κ3) is 9.71. The molecule has 0 saturated carbocycles. The first-order chi connectivity index (χ1) is 22.4. The second-order valence-electron chi connectivity index (χ2n) is 12.0. The summed E-state index contributed by atoms with van der Waals surface area (Å²) in [7, 11) is 1.28. The number of carbonyl (C=O) groups is 4. The summed E-state index contributed by atoms with van der Waals surface area (Å²) in [5, 5.41) is 5.86. The van der Waals surface area contributed by atoms with Gasteiger partial charge in [-0.1, -0.05) is 30.3 Å². The number of benzene rings is 2. The maximum absolute atomic E-state index is 13.4. The molecular formula is C34H41BrN4O7S. The zero-order chi connectivity index (χ0) is 34.1. The number of anilines is 2. The van der Waals surface area contributed by atoms with Crippen LogP contribution in [0, 0.1) is 5.92 Å². The minimum Gasteiger partial charge on any atom is -0.479 e. The Balaban J connectivity index is 1.52. The number of hydrogen-bond donors (Lipinski definition) is 2. The summed E-state index contributed by atoms with van der Waals surface area (Å²) in [6.45, 7) is 8.84. The average molecular weight is 730 g/mol. The molecule has 2 aromatic carbocycles. The van der Waals surface area contributed by atoms with Gasteiger partial charge in [-0.25, -0.2) is 19.2 Å². The highest BCUT2D eigenvalue weighted by atomic mass is 79.9. The minimum absolute atomic E-state index is 0.134. The van der Waals surface area contributed by atoms with Gasteiger partial charge in [-0.05, 0) is 92.2 Å². The second kappa shape index (κ2) is 16.1. The molecule has 4 rings (SSSR count). The largest absolute Gasteiger partial charge is 0.479 e. The van der Waals surface area contributed by atoms with E-state index >= 15 is 0 Å². The van der Waals surface area contributed by atoms with E-state index in [1.165, 1.54) is 7.11 Å². The van der Waals surface area contributed by atoms with Crippen molar-refractivity contribution in [3.8, 4) is 16.2 Å². The van der Waals surface area contributed by atoms with Crippen LogP contribution in [0.2, 0.25) is 0 Å². The van der Waals surface area contributed by atoms with Crippen molar-refractivity contribution in [2.45, 2.75) is 46.1 Å². The maximum Gasteiger partial charge on any atom is 0.351 e. The molecule has 1 aliphatic rings. The summed E-state index contributed by atoms with van der Waals surface area (Å²) < 4.78 is 16.6. The lowest BCUT2D eigenvalue weighted by Gasteiger charge is -2.35. The van der Waals surface area contributed by atoms with Crippen molar-refractivity contribution in [1.82, 2.24) is 10.2 Å². The highest BCUT2D eigenvalue weighted by molar-refractivity contribution is 9.10. The third-order valence-electron chi connectivity index (χ3n) is 7.29. The summed E-state index contributed by atoms with van der Waals surface area (Å²) in [5.74, 6) is -0.828. The molecule has 1 saturated heterocycles. The van der Waals surface area contributed by atoms with E-state index in [0.29, 0.717) is 41.2 Å². The van der Waals surface area contributed by atoms with Crippen molar-refractivity contribution in [3.05, 3.63) is 63.9 Å². The standard InChI is InChI=1S/C34H41BrN4O7S/c1-6-36-32(42)39(20-22-15-17-38(18-16-22)33(43)37-24-12-8-7-9-13-24)25-14-10-11-23(19-25)29-27(35)28(30(47-29)31(41)44-5)45-21-26(40)46-34(2,3)4/h7-14,19,22H,6,15-18,20-21H2,1-5H3,(H,36,42)(H,37,43). The molecule has 0 spiro atoms. The zero-order valence-corrected chi connectivity index (χ0v) is 29.7. The summed E-state index contributed by atoms with van der Waals surface area (Å²) in [6.07, 6.45) is 1.49. The molecule has 11 nitrogen and oxygen atoms in total. The maximum atomic E-state index is 13.4. The number of likely N-dealkylation sites (tertiary alicyclic amines) is 1. The van der Waals surface area contributed by atoms with Crippen LogP contribution < -0.4 is 20.3 Å². The third-order valence-corrected chi connectivity index (χ3v) is 9.51. The Bertz CT molecular complexity index is 1570. The van der Waals surface area contributed by atoms with E-state index in [0.717, 1.165) is 35.4 Å². The van der Waals surface area contributed by atoms with E-state index < -0.39 is 24.1 Å². The van der Waals surface area contributed by atoms with Gasteiger partial charge >= 0.3 is 24.0 Å². The van der Waals surface area contributed by atoms with Crippen LogP contribution in [0.4, 0.5) is 21.0 Å². The van der Waals surface area contributed by atoms with Crippen LogP contribution in [0.15, 0.2) is 59.1 Å². The first kappa shape index (κ1) is 35.7. The molecule has 2 N–H and O–H groups in total. The number of halogens is 1. The Morgan fingerprint density at radius 1 is 1.04 bits per heavy atom. The summed E-state index contributed by atoms with van der Waals surface area (Å²) >= 11 is 4.73. The molecule has 13 heteroatoms. The highest BCUT2D eigenvalue weighted by Crippen LogP contribution is 2.46. The smallest absolute Gasteiger partial charge is 0.351 e. The predicted octanol–water partition coefficient (Wildman–Crippen LogP) is 7.16. The van der Waals surface area contributed by atoms with E-state index in [1.807, 2.05) is 61.5 Å². The predicted molar refractivity (Wildman–Crippen MR) is 186 cm³/mol. The molecule has 1 fully saturated rings. The van der Waals surface area contributed by atoms with Gasteiger partial charge < -0.3 is 29.7 Å². The number of nitrogens with zero attached hydrogens (tertiary/aromatic N) is 2. The Morgan fingerprint density at radius 2 is 1.74 bits per heavy atom. The Labute approximate surface area is 287 Å². The number of hydrogen-bond acceptors (Lipinski definition) is 8. The number of methoxy groups -OCH3 is 1. The number of rotatable bonds is 10. The molecule has 4 amide bonds. The summed E-state index contributed by atoms with van der Waals surface area (Å²) in [4.78, 5) is 55.6. The van der Waals surface area contributed by atoms with Crippen LogP contribution in [0.25, 0.3) is 10.4 Å². The summed E-state index contributed by atoms with van der Waals surface area (Å²) in [5.41, 5.74) is 1.47. The van der Waals surface area contributed by atoms with Gasteiger partial charge in [0.1, 0.15) is 5.60 Å². The van der Waals surface area contributed by atoms with Crippen molar-refractivity contribution in [3.63, 3.8) is 0 Å². The minimum atomic E-state index is -0.687. The van der Waals surface area contributed by atoms with E-state index in [2.05, 4.69) is 26.6 Å². The average Bonchev–Trinajstić information content (AvgIpc) is 3.38. The highest BCUT2D eigenvalue weighted by Gasteiger charge is 2.29. The molecule has 3 aromatic rings. The van der Waals surface area contributed by atoms with Crippen molar-refractivity contribution in [2.75, 3.05) is 50.1 Å². The second-order valence-corrected chi connectivity index (χ2v) is 13.8. The van der Waals surface area contributed by atoms with E-state index in [1.54, 1.807) is 30.6 Å². The fourth-order valence-electron chi connectivity index (χ4n) is 5.11. The number of carbonyl (C=O) groups excluding carboxylic acids is 4. The fraction of sp³-hybridized carbons (Fsp3) is 0.412. The number of piperidine rings is 1. The van der Waals surface area contributed by atoms with Crippen molar-refractivity contribution < 1.29 is 33.4 Å². The molecule has 0 aliphatic carbocycles. The van der Waals surface area contributed by atoms with Crippen LogP contribution in [0.1, 0.15) is 50.2 Å². The SMILES string of the molecule is CCNC(=O)N(CC1CCN(C(=O)Nc2ccccc2)CC1)c1cccc(-c2sc(C(=O)OC)c(OCC(=O)OC(C)(C)C)c2Br)c1. The topological polar surface area (TPSA) is 127 Å². The van der Waals surface area contributed by atoms with E-state index in [-0.39, 0.29) is 28.6 Å². The zero-order valence-electron chi connectivity index (χ0n) is 27.3. The number of urea groups is 2. The molecule has 0 bridgehead atoms. The number of thiophene rings is 1. The number of nitrogens with one attached hydrogen (secondary N) is 2. The Hall–Kier alpha value is -4.10. The molecule has 1 aliphatic heterocycles. The molecule has 0 unspecified atom stereocenters. The molecule has 2 heterocycles. The Morgan fingerprint density at radius 3 is 2.38 bits per heavy atom. The lowest BCUT2D eigenvalue weighted by molar-refractivity contribution is -0.157. The molecule has 1 aromatic heterocycles. The monoisotopic (exact) mass is 728 g/mol. The molecule has 252 valence electrons. The molecule has 0 radical (unpaired) electrons. The van der Waals surface area contributed by atoms with Gasteiger partial charge in [0.2, 0.25) is 0 Å². The number of ether oxygens (including phenoxy) is 3. The quantitative estimate of drug-likeness (QED) is 0.212. The molecular weight excluding hydrogens is 688 g/mol. The Kier molecular flexibility index (Phi) is 12.3. The van der Waals surface area contributed by atoms with Crippen LogP contribution in [-0.2, 0) is 14.3 Å². The normalized spacial score (nSPS) is 13.4. The number of amides is 4. The number of para-hydroxylation sites is 1.